The molecule has 0 aliphatic heterocycles. The van der Waals surface area contributed by atoms with Gasteiger partial charge in [0.05, 0.1) is 30.5 Å². The fourth-order valence-electron chi connectivity index (χ4n) is 2.97. The summed E-state index contributed by atoms with van der Waals surface area (Å²) in [5.74, 6) is -1.77. The van der Waals surface area contributed by atoms with E-state index in [-0.39, 0.29) is 44.7 Å². The molecule has 2 rings (SSSR count). The van der Waals surface area contributed by atoms with Gasteiger partial charge in [0.25, 0.3) is 10.0 Å². The molecular formula is C19H23ClN2O8S3. The van der Waals surface area contributed by atoms with Crippen LogP contribution in [-0.4, -0.2) is 60.4 Å². The summed E-state index contributed by atoms with van der Waals surface area (Å²) in [6.07, 6.45) is 0. The van der Waals surface area contributed by atoms with Gasteiger partial charge < -0.3 is 9.47 Å². The SMILES string of the molecule is CCN(CC)S(=O)(=O)c1cc(NS(=O)(=O)c2sc(C(=O)OC)c(C)c2C(=O)OC)ccc1Cl. The van der Waals surface area contributed by atoms with E-state index in [0.717, 1.165) is 20.3 Å². The van der Waals surface area contributed by atoms with Crippen LogP contribution in [0.4, 0.5) is 5.69 Å². The van der Waals surface area contributed by atoms with Crippen LogP contribution < -0.4 is 4.72 Å². The molecular weight excluding hydrogens is 516 g/mol. The van der Waals surface area contributed by atoms with Crippen molar-refractivity contribution >= 4 is 60.6 Å². The van der Waals surface area contributed by atoms with Gasteiger partial charge in [-0.25, -0.2) is 26.4 Å². The minimum atomic E-state index is -4.44. The van der Waals surface area contributed by atoms with Gasteiger partial charge in [0.2, 0.25) is 10.0 Å². The molecule has 1 aromatic carbocycles. The van der Waals surface area contributed by atoms with E-state index in [9.17, 15) is 26.4 Å². The largest absolute Gasteiger partial charge is 0.465 e. The van der Waals surface area contributed by atoms with Crippen LogP contribution in [0.2, 0.25) is 5.02 Å². The Kier molecular flexibility index (Phi) is 8.52. The summed E-state index contributed by atoms with van der Waals surface area (Å²) in [5.41, 5.74) is -0.341. The van der Waals surface area contributed by atoms with E-state index < -0.39 is 36.2 Å². The zero-order valence-corrected chi connectivity index (χ0v) is 21.7. The molecule has 0 spiro atoms. The highest BCUT2D eigenvalue weighted by Crippen LogP contribution is 2.35. The van der Waals surface area contributed by atoms with Crippen molar-refractivity contribution in [1.29, 1.82) is 0 Å². The van der Waals surface area contributed by atoms with E-state index in [1.165, 1.54) is 23.4 Å². The highest BCUT2D eigenvalue weighted by molar-refractivity contribution is 7.94. The Balaban J connectivity index is 2.61. The molecule has 33 heavy (non-hydrogen) atoms. The topological polar surface area (TPSA) is 136 Å². The Labute approximate surface area is 201 Å². The third-order valence-corrected chi connectivity index (χ3v) is 10.3. The Morgan fingerprint density at radius 3 is 2.15 bits per heavy atom. The number of methoxy groups -OCH3 is 2. The molecule has 0 saturated carbocycles. The molecule has 0 radical (unpaired) electrons. The molecule has 0 aliphatic carbocycles. The normalized spacial score (nSPS) is 12.0. The molecule has 1 aromatic heterocycles. The van der Waals surface area contributed by atoms with Crippen LogP contribution in [-0.2, 0) is 29.5 Å². The molecule has 2 aromatic rings. The van der Waals surface area contributed by atoms with E-state index in [4.69, 9.17) is 11.6 Å². The lowest BCUT2D eigenvalue weighted by molar-refractivity contribution is 0.0596. The van der Waals surface area contributed by atoms with Crippen molar-refractivity contribution in [2.75, 3.05) is 32.0 Å². The quantitative estimate of drug-likeness (QED) is 0.481. The predicted octanol–water partition coefficient (Wildman–Crippen LogP) is 3.11. The van der Waals surface area contributed by atoms with Crippen LogP contribution >= 0.6 is 22.9 Å². The van der Waals surface area contributed by atoms with Gasteiger partial charge in [-0.05, 0) is 30.7 Å². The number of sulfonamides is 2. The summed E-state index contributed by atoms with van der Waals surface area (Å²) in [6, 6.07) is 3.62. The van der Waals surface area contributed by atoms with Crippen molar-refractivity contribution in [3.63, 3.8) is 0 Å². The number of thiophene rings is 1. The minimum Gasteiger partial charge on any atom is -0.465 e. The number of carbonyl (C=O) groups is 2. The van der Waals surface area contributed by atoms with Gasteiger partial charge >= 0.3 is 11.9 Å². The zero-order chi connectivity index (χ0) is 25.1. The first-order valence-electron chi connectivity index (χ1n) is 9.48. The van der Waals surface area contributed by atoms with Gasteiger partial charge in [-0.2, -0.15) is 4.31 Å². The lowest BCUT2D eigenvalue weighted by atomic mass is 10.2. The number of esters is 2. The molecule has 1 heterocycles. The molecule has 10 nitrogen and oxygen atoms in total. The fourth-order valence-corrected chi connectivity index (χ4v) is 7.72. The molecule has 0 fully saturated rings. The molecule has 0 aliphatic rings. The van der Waals surface area contributed by atoms with Crippen molar-refractivity contribution < 1.29 is 35.9 Å². The highest BCUT2D eigenvalue weighted by Gasteiger charge is 2.33. The summed E-state index contributed by atoms with van der Waals surface area (Å²) < 4.78 is 64.4. The van der Waals surface area contributed by atoms with Gasteiger partial charge in [0.15, 0.2) is 4.21 Å². The molecule has 182 valence electrons. The molecule has 1 N–H and O–H groups in total. The summed E-state index contributed by atoms with van der Waals surface area (Å²) in [6.45, 7) is 5.10. The Hall–Kier alpha value is -2.19. The first-order valence-corrected chi connectivity index (χ1v) is 13.6. The van der Waals surface area contributed by atoms with Gasteiger partial charge in [-0.15, -0.1) is 11.3 Å². The van der Waals surface area contributed by atoms with E-state index in [1.807, 2.05) is 0 Å². The first kappa shape index (κ1) is 27.1. The molecule has 0 amide bonds. The number of nitrogens with one attached hydrogen (secondary N) is 1. The molecule has 14 heteroatoms. The second-order valence-corrected chi connectivity index (χ2v) is 11.8. The maximum atomic E-state index is 13.2. The lowest BCUT2D eigenvalue weighted by Gasteiger charge is -2.20. The second kappa shape index (κ2) is 10.4. The number of anilines is 1. The van der Waals surface area contributed by atoms with Crippen molar-refractivity contribution in [1.82, 2.24) is 4.31 Å². The van der Waals surface area contributed by atoms with Gasteiger partial charge in [-0.3, -0.25) is 4.72 Å². The number of hydrogen-bond acceptors (Lipinski definition) is 9. The molecule has 0 saturated heterocycles. The predicted molar refractivity (Wildman–Crippen MR) is 124 cm³/mol. The number of halogens is 1. The number of hydrogen-bond donors (Lipinski definition) is 1. The third kappa shape index (κ3) is 5.32. The minimum absolute atomic E-state index is 0.0833. The standard InChI is InChI=1S/C19H23ClN2O8S3/c1-6-22(7-2)33(27,28)14-10-12(8-9-13(14)20)21-32(25,26)19-15(17(23)29-4)11(3)16(31-19)18(24)30-5/h8-10,21H,6-7H2,1-5H3. The Morgan fingerprint density at radius 2 is 1.64 bits per heavy atom. The van der Waals surface area contributed by atoms with Crippen LogP contribution in [0.5, 0.6) is 0 Å². The number of ether oxygens (including phenoxy) is 2. The zero-order valence-electron chi connectivity index (χ0n) is 18.5. The van der Waals surface area contributed by atoms with Gasteiger partial charge in [-0.1, -0.05) is 25.4 Å². The maximum Gasteiger partial charge on any atom is 0.348 e. The van der Waals surface area contributed by atoms with E-state index >= 15 is 0 Å². The van der Waals surface area contributed by atoms with Crippen molar-refractivity contribution in [2.24, 2.45) is 0 Å². The van der Waals surface area contributed by atoms with Crippen LogP contribution in [0.3, 0.4) is 0 Å². The monoisotopic (exact) mass is 538 g/mol. The molecule has 0 bridgehead atoms. The van der Waals surface area contributed by atoms with Crippen molar-refractivity contribution in [3.05, 3.63) is 39.2 Å². The number of carbonyl (C=O) groups excluding carboxylic acids is 2. The van der Waals surface area contributed by atoms with Crippen LogP contribution in [0, 0.1) is 6.92 Å². The van der Waals surface area contributed by atoms with Crippen LogP contribution in [0.1, 0.15) is 39.4 Å². The average molecular weight is 539 g/mol. The molecule has 0 unspecified atom stereocenters. The lowest BCUT2D eigenvalue weighted by Crippen LogP contribution is -2.30. The van der Waals surface area contributed by atoms with Gasteiger partial charge in [0, 0.05) is 13.1 Å². The number of rotatable bonds is 9. The van der Waals surface area contributed by atoms with Crippen molar-refractivity contribution in [2.45, 2.75) is 29.9 Å². The van der Waals surface area contributed by atoms with E-state index in [2.05, 4.69) is 14.2 Å². The number of benzene rings is 1. The summed E-state index contributed by atoms with van der Waals surface area (Å²) in [7, 11) is -6.23. The summed E-state index contributed by atoms with van der Waals surface area (Å²) >= 11 is 6.63. The fraction of sp³-hybridized carbons (Fsp3) is 0.368. The number of nitrogens with zero attached hydrogens (tertiary/aromatic N) is 1. The second-order valence-electron chi connectivity index (χ2n) is 6.54. The maximum absolute atomic E-state index is 13.2. The van der Waals surface area contributed by atoms with E-state index in [1.54, 1.807) is 13.8 Å². The smallest absolute Gasteiger partial charge is 0.348 e. The molecule has 0 atom stereocenters. The Bertz CT molecular complexity index is 1280. The third-order valence-electron chi connectivity index (χ3n) is 4.63. The first-order chi connectivity index (χ1) is 15.3. The highest BCUT2D eigenvalue weighted by atomic mass is 35.5. The van der Waals surface area contributed by atoms with E-state index in [0.29, 0.717) is 11.3 Å². The van der Waals surface area contributed by atoms with Crippen LogP contribution in [0.25, 0.3) is 0 Å². The summed E-state index contributed by atoms with van der Waals surface area (Å²) in [4.78, 5) is 24.0. The average Bonchev–Trinajstić information content (AvgIpc) is 3.12. The Morgan fingerprint density at radius 1 is 1.06 bits per heavy atom. The van der Waals surface area contributed by atoms with Gasteiger partial charge in [0.1, 0.15) is 9.77 Å². The summed E-state index contributed by atoms with van der Waals surface area (Å²) in [5, 5.41) is -0.0833. The van der Waals surface area contributed by atoms with Crippen LogP contribution in [0.15, 0.2) is 27.3 Å². The van der Waals surface area contributed by atoms with Crippen molar-refractivity contribution in [3.8, 4) is 0 Å².